The van der Waals surface area contributed by atoms with Crippen LogP contribution in [0.5, 0.6) is 11.5 Å². The molecular weight excluding hydrogens is 356 g/mol. The molecule has 140 valence electrons. The number of primary sulfonamides is 1. The first-order valence-electron chi connectivity index (χ1n) is 8.06. The minimum atomic E-state index is -3.70. The Labute approximate surface area is 153 Å². The van der Waals surface area contributed by atoms with E-state index in [-0.39, 0.29) is 10.8 Å². The number of carbonyl (C=O) groups excluding carboxylic acids is 1. The lowest BCUT2D eigenvalue weighted by molar-refractivity contribution is 0.0953. The number of hydrogen-bond donors (Lipinski definition) is 2. The van der Waals surface area contributed by atoms with Crippen molar-refractivity contribution in [2.24, 2.45) is 5.14 Å². The lowest BCUT2D eigenvalue weighted by Crippen LogP contribution is -2.25. The molecule has 0 fully saturated rings. The Morgan fingerprint density at radius 3 is 2.38 bits per heavy atom. The van der Waals surface area contributed by atoms with Crippen LogP contribution in [0, 0.1) is 0 Å². The molecule has 0 aliphatic heterocycles. The number of nitrogens with two attached hydrogens (primary N) is 1. The lowest BCUT2D eigenvalue weighted by atomic mass is 10.1. The number of sulfonamides is 1. The Balaban J connectivity index is 1.95. The van der Waals surface area contributed by atoms with Gasteiger partial charge in [-0.1, -0.05) is 12.1 Å². The summed E-state index contributed by atoms with van der Waals surface area (Å²) < 4.78 is 33.1. The van der Waals surface area contributed by atoms with Crippen molar-refractivity contribution >= 4 is 15.9 Å². The Hall–Kier alpha value is -2.58. The van der Waals surface area contributed by atoms with Crippen LogP contribution in [-0.4, -0.2) is 34.6 Å². The first kappa shape index (κ1) is 19.7. The van der Waals surface area contributed by atoms with Gasteiger partial charge in [0.25, 0.3) is 5.91 Å². The second kappa shape index (κ2) is 8.68. The smallest absolute Gasteiger partial charge is 0.251 e. The number of carbonyl (C=O) groups is 1. The molecule has 0 heterocycles. The van der Waals surface area contributed by atoms with Crippen molar-refractivity contribution in [3.05, 3.63) is 53.6 Å². The number of benzene rings is 2. The third-order valence-electron chi connectivity index (χ3n) is 3.68. The van der Waals surface area contributed by atoms with Gasteiger partial charge < -0.3 is 14.8 Å². The molecule has 8 heteroatoms. The summed E-state index contributed by atoms with van der Waals surface area (Å²) in [6, 6.07) is 11.2. The van der Waals surface area contributed by atoms with Crippen LogP contribution in [0.3, 0.4) is 0 Å². The van der Waals surface area contributed by atoms with Gasteiger partial charge in [0.05, 0.1) is 18.6 Å². The summed E-state index contributed by atoms with van der Waals surface area (Å²) in [6.45, 7) is 2.73. The lowest BCUT2D eigenvalue weighted by Gasteiger charge is -2.11. The summed E-state index contributed by atoms with van der Waals surface area (Å²) in [5.74, 6) is 0.856. The zero-order valence-corrected chi connectivity index (χ0v) is 15.5. The molecule has 0 aliphatic rings. The SMILES string of the molecule is CCOc1cc(C(=O)NCCc2ccc(S(N)(=O)=O)cc2)ccc1OC. The van der Waals surface area contributed by atoms with Crippen LogP contribution in [0.25, 0.3) is 0 Å². The maximum absolute atomic E-state index is 12.3. The minimum absolute atomic E-state index is 0.0620. The number of rotatable bonds is 8. The van der Waals surface area contributed by atoms with Gasteiger partial charge in [0.1, 0.15) is 0 Å². The summed E-state index contributed by atoms with van der Waals surface area (Å²) in [6.07, 6.45) is 0.561. The first-order valence-corrected chi connectivity index (χ1v) is 9.60. The van der Waals surface area contributed by atoms with Crippen molar-refractivity contribution in [1.29, 1.82) is 0 Å². The van der Waals surface area contributed by atoms with E-state index < -0.39 is 10.0 Å². The topological polar surface area (TPSA) is 108 Å². The zero-order chi connectivity index (χ0) is 19.2. The largest absolute Gasteiger partial charge is 0.493 e. The second-order valence-electron chi connectivity index (χ2n) is 5.49. The maximum atomic E-state index is 12.3. The van der Waals surface area contributed by atoms with Gasteiger partial charge in [-0.25, -0.2) is 13.6 Å². The van der Waals surface area contributed by atoms with Crippen LogP contribution >= 0.6 is 0 Å². The molecule has 1 amide bonds. The van der Waals surface area contributed by atoms with E-state index in [2.05, 4.69) is 5.32 Å². The summed E-state index contributed by atoms with van der Waals surface area (Å²) in [4.78, 5) is 12.3. The van der Waals surface area contributed by atoms with Gasteiger partial charge in [0.15, 0.2) is 11.5 Å². The standard InChI is InChI=1S/C18H22N2O5S/c1-3-25-17-12-14(6-9-16(17)24-2)18(21)20-11-10-13-4-7-15(8-5-13)26(19,22)23/h4-9,12H,3,10-11H2,1-2H3,(H,20,21)(H2,19,22,23). The van der Waals surface area contributed by atoms with E-state index in [9.17, 15) is 13.2 Å². The Bertz CT molecular complexity index is 864. The molecule has 0 saturated heterocycles. The van der Waals surface area contributed by atoms with E-state index in [1.165, 1.54) is 12.1 Å². The molecule has 0 bridgehead atoms. The van der Waals surface area contributed by atoms with Crippen LogP contribution in [0.2, 0.25) is 0 Å². The van der Waals surface area contributed by atoms with Crippen molar-refractivity contribution in [2.45, 2.75) is 18.2 Å². The molecule has 0 atom stereocenters. The van der Waals surface area contributed by atoms with E-state index in [4.69, 9.17) is 14.6 Å². The predicted octanol–water partition coefficient (Wildman–Crippen LogP) is 1.71. The van der Waals surface area contributed by atoms with Crippen LogP contribution < -0.4 is 19.9 Å². The molecule has 0 aromatic heterocycles. The number of amides is 1. The number of methoxy groups -OCH3 is 1. The molecule has 0 spiro atoms. The molecule has 0 unspecified atom stereocenters. The number of ether oxygens (including phenoxy) is 2. The summed E-state index contributed by atoms with van der Waals surface area (Å²) in [5, 5.41) is 7.88. The fraction of sp³-hybridized carbons (Fsp3) is 0.278. The monoisotopic (exact) mass is 378 g/mol. The number of hydrogen-bond acceptors (Lipinski definition) is 5. The molecule has 0 saturated carbocycles. The van der Waals surface area contributed by atoms with E-state index in [0.29, 0.717) is 36.6 Å². The van der Waals surface area contributed by atoms with Crippen molar-refractivity contribution in [3.8, 4) is 11.5 Å². The molecule has 0 aliphatic carbocycles. The quantitative estimate of drug-likeness (QED) is 0.727. The van der Waals surface area contributed by atoms with Gasteiger partial charge in [-0.15, -0.1) is 0 Å². The third kappa shape index (κ3) is 5.21. The zero-order valence-electron chi connectivity index (χ0n) is 14.7. The van der Waals surface area contributed by atoms with Crippen molar-refractivity contribution in [3.63, 3.8) is 0 Å². The van der Waals surface area contributed by atoms with Gasteiger partial charge >= 0.3 is 0 Å². The van der Waals surface area contributed by atoms with Gasteiger partial charge in [-0.3, -0.25) is 4.79 Å². The average Bonchev–Trinajstić information content (AvgIpc) is 2.61. The molecule has 0 radical (unpaired) electrons. The van der Waals surface area contributed by atoms with Crippen LogP contribution in [0.15, 0.2) is 47.4 Å². The van der Waals surface area contributed by atoms with Crippen molar-refractivity contribution in [1.82, 2.24) is 5.32 Å². The first-order chi connectivity index (χ1) is 12.3. The van der Waals surface area contributed by atoms with Crippen molar-refractivity contribution < 1.29 is 22.7 Å². The number of nitrogens with one attached hydrogen (secondary N) is 1. The highest BCUT2D eigenvalue weighted by Crippen LogP contribution is 2.28. The predicted molar refractivity (Wildman–Crippen MR) is 98.0 cm³/mol. The summed E-state index contributed by atoms with van der Waals surface area (Å²) in [5.41, 5.74) is 1.36. The highest BCUT2D eigenvalue weighted by molar-refractivity contribution is 7.89. The molecular formula is C18H22N2O5S. The molecule has 2 rings (SSSR count). The fourth-order valence-corrected chi connectivity index (χ4v) is 2.87. The average molecular weight is 378 g/mol. The summed E-state index contributed by atoms with van der Waals surface area (Å²) in [7, 11) is -2.16. The molecule has 2 aromatic rings. The van der Waals surface area contributed by atoms with Gasteiger partial charge in [-0.2, -0.15) is 0 Å². The Morgan fingerprint density at radius 1 is 1.12 bits per heavy atom. The summed E-state index contributed by atoms with van der Waals surface area (Å²) >= 11 is 0. The van der Waals surface area contributed by atoms with E-state index in [1.54, 1.807) is 37.4 Å². The Morgan fingerprint density at radius 2 is 1.81 bits per heavy atom. The Kier molecular flexibility index (Phi) is 6.59. The van der Waals surface area contributed by atoms with Gasteiger partial charge in [0, 0.05) is 12.1 Å². The molecule has 26 heavy (non-hydrogen) atoms. The molecule has 3 N–H and O–H groups in total. The van der Waals surface area contributed by atoms with Crippen LogP contribution in [-0.2, 0) is 16.4 Å². The fourth-order valence-electron chi connectivity index (χ4n) is 2.35. The third-order valence-corrected chi connectivity index (χ3v) is 4.61. The van der Waals surface area contributed by atoms with E-state index in [0.717, 1.165) is 5.56 Å². The van der Waals surface area contributed by atoms with E-state index in [1.807, 2.05) is 6.92 Å². The van der Waals surface area contributed by atoms with Gasteiger partial charge in [-0.05, 0) is 49.2 Å². The van der Waals surface area contributed by atoms with Crippen molar-refractivity contribution in [2.75, 3.05) is 20.3 Å². The highest BCUT2D eigenvalue weighted by Gasteiger charge is 2.11. The van der Waals surface area contributed by atoms with Crippen LogP contribution in [0.4, 0.5) is 0 Å². The van der Waals surface area contributed by atoms with Crippen LogP contribution in [0.1, 0.15) is 22.8 Å². The van der Waals surface area contributed by atoms with E-state index >= 15 is 0 Å². The molecule has 2 aromatic carbocycles. The maximum Gasteiger partial charge on any atom is 0.251 e. The molecule has 7 nitrogen and oxygen atoms in total. The second-order valence-corrected chi connectivity index (χ2v) is 7.05. The van der Waals surface area contributed by atoms with Gasteiger partial charge in [0.2, 0.25) is 10.0 Å². The minimum Gasteiger partial charge on any atom is -0.493 e. The highest BCUT2D eigenvalue weighted by atomic mass is 32.2. The normalized spacial score (nSPS) is 11.0.